The molecule has 0 aliphatic carbocycles. The molecule has 0 spiro atoms. The van der Waals surface area contributed by atoms with Crippen LogP contribution in [0, 0.1) is 0 Å². The Morgan fingerprint density at radius 2 is 1.83 bits per heavy atom. The lowest BCUT2D eigenvalue weighted by Crippen LogP contribution is -2.15. The summed E-state index contributed by atoms with van der Waals surface area (Å²) in [6.45, 7) is 1.74. The van der Waals surface area contributed by atoms with E-state index in [4.69, 9.17) is 5.11 Å². The van der Waals surface area contributed by atoms with E-state index >= 15 is 0 Å². The number of aliphatic hydroxyl groups excluding tert-OH is 1. The second-order valence-corrected chi connectivity index (χ2v) is 4.39. The van der Waals surface area contributed by atoms with Crippen molar-refractivity contribution in [2.45, 2.75) is 19.4 Å². The fraction of sp³-hybridized carbons (Fsp3) is 0.333. The summed E-state index contributed by atoms with van der Waals surface area (Å²) in [4.78, 5) is 0. The average molecular weight is 245 g/mol. The number of fused-ring (bicyclic) bond motifs is 1. The highest BCUT2D eigenvalue weighted by atomic mass is 16.3. The van der Waals surface area contributed by atoms with Crippen LogP contribution in [-0.4, -0.2) is 23.4 Å². The van der Waals surface area contributed by atoms with Crippen molar-refractivity contribution < 1.29 is 10.2 Å². The number of unbranched alkanes of at least 4 members (excludes halogenated alkanes) is 1. The van der Waals surface area contributed by atoms with Crippen molar-refractivity contribution in [3.05, 3.63) is 42.0 Å². The molecule has 0 radical (unpaired) electrons. The third-order valence-corrected chi connectivity index (χ3v) is 3.08. The van der Waals surface area contributed by atoms with E-state index in [9.17, 15) is 5.11 Å². The van der Waals surface area contributed by atoms with Crippen LogP contribution in [0.25, 0.3) is 10.8 Å². The minimum atomic E-state index is 0.237. The van der Waals surface area contributed by atoms with Crippen LogP contribution in [0.4, 0.5) is 0 Å². The zero-order valence-electron chi connectivity index (χ0n) is 10.4. The fourth-order valence-electron chi connectivity index (χ4n) is 2.09. The zero-order chi connectivity index (χ0) is 12.8. The third kappa shape index (κ3) is 3.00. The summed E-state index contributed by atoms with van der Waals surface area (Å²) in [6, 6.07) is 11.7. The van der Waals surface area contributed by atoms with Gasteiger partial charge in [0.2, 0.25) is 0 Å². The van der Waals surface area contributed by atoms with Crippen molar-refractivity contribution in [1.82, 2.24) is 5.32 Å². The molecule has 3 N–H and O–H groups in total. The second-order valence-electron chi connectivity index (χ2n) is 4.39. The summed E-state index contributed by atoms with van der Waals surface area (Å²) in [7, 11) is 0. The summed E-state index contributed by atoms with van der Waals surface area (Å²) < 4.78 is 0. The Bertz CT molecular complexity index is 511. The van der Waals surface area contributed by atoms with E-state index in [2.05, 4.69) is 5.32 Å². The van der Waals surface area contributed by atoms with Gasteiger partial charge in [0.1, 0.15) is 5.75 Å². The molecule has 2 rings (SSSR count). The van der Waals surface area contributed by atoms with E-state index in [1.165, 1.54) is 0 Å². The standard InChI is InChI=1S/C15H19NO2/c17-10-4-3-9-16-11-14-13-6-2-1-5-12(13)7-8-15(14)18/h1-2,5-8,16-18H,3-4,9-11H2. The highest BCUT2D eigenvalue weighted by Gasteiger charge is 2.05. The van der Waals surface area contributed by atoms with Gasteiger partial charge in [0.15, 0.2) is 0 Å². The Hall–Kier alpha value is -1.58. The quantitative estimate of drug-likeness (QED) is 0.685. The summed E-state index contributed by atoms with van der Waals surface area (Å²) in [5, 5.41) is 24.2. The molecule has 96 valence electrons. The monoisotopic (exact) mass is 245 g/mol. The van der Waals surface area contributed by atoms with Gasteiger partial charge in [-0.05, 0) is 36.2 Å². The van der Waals surface area contributed by atoms with Gasteiger partial charge in [-0.15, -0.1) is 0 Å². The maximum Gasteiger partial charge on any atom is 0.120 e. The first-order valence-electron chi connectivity index (χ1n) is 6.34. The van der Waals surface area contributed by atoms with Gasteiger partial charge in [-0.1, -0.05) is 30.3 Å². The summed E-state index contributed by atoms with van der Waals surface area (Å²) in [5.74, 6) is 0.336. The number of aromatic hydroxyl groups is 1. The lowest BCUT2D eigenvalue weighted by Gasteiger charge is -2.10. The first-order valence-corrected chi connectivity index (χ1v) is 6.34. The van der Waals surface area contributed by atoms with Crippen LogP contribution in [0.2, 0.25) is 0 Å². The summed E-state index contributed by atoms with van der Waals surface area (Å²) in [6.07, 6.45) is 1.76. The number of benzene rings is 2. The van der Waals surface area contributed by atoms with Crippen LogP contribution < -0.4 is 5.32 Å². The molecule has 0 unspecified atom stereocenters. The number of nitrogens with one attached hydrogen (secondary N) is 1. The molecule has 0 amide bonds. The van der Waals surface area contributed by atoms with E-state index in [0.29, 0.717) is 12.3 Å². The van der Waals surface area contributed by atoms with E-state index in [0.717, 1.165) is 35.7 Å². The molecular weight excluding hydrogens is 226 g/mol. The first-order chi connectivity index (χ1) is 8.83. The van der Waals surface area contributed by atoms with E-state index < -0.39 is 0 Å². The molecule has 0 saturated carbocycles. The zero-order valence-corrected chi connectivity index (χ0v) is 10.4. The van der Waals surface area contributed by atoms with E-state index in [1.54, 1.807) is 6.07 Å². The molecule has 3 heteroatoms. The SMILES string of the molecule is OCCCCNCc1c(O)ccc2ccccc12. The minimum Gasteiger partial charge on any atom is -0.508 e. The number of aliphatic hydroxyl groups is 1. The van der Waals surface area contributed by atoms with Crippen molar-refractivity contribution >= 4 is 10.8 Å². The topological polar surface area (TPSA) is 52.5 Å². The van der Waals surface area contributed by atoms with Crippen molar-refractivity contribution in [3.63, 3.8) is 0 Å². The van der Waals surface area contributed by atoms with Crippen LogP contribution in [0.1, 0.15) is 18.4 Å². The molecule has 0 saturated heterocycles. The summed E-state index contributed by atoms with van der Waals surface area (Å²) in [5.41, 5.74) is 0.942. The van der Waals surface area contributed by atoms with Crippen LogP contribution in [0.15, 0.2) is 36.4 Å². The Balaban J connectivity index is 2.09. The van der Waals surface area contributed by atoms with Crippen molar-refractivity contribution in [1.29, 1.82) is 0 Å². The van der Waals surface area contributed by atoms with Crippen molar-refractivity contribution in [2.24, 2.45) is 0 Å². The Labute approximate surface area is 107 Å². The molecule has 0 heterocycles. The number of hydrogen-bond donors (Lipinski definition) is 3. The molecule has 2 aromatic rings. The van der Waals surface area contributed by atoms with E-state index in [1.807, 2.05) is 30.3 Å². The van der Waals surface area contributed by atoms with Gasteiger partial charge in [-0.3, -0.25) is 0 Å². The van der Waals surface area contributed by atoms with Crippen LogP contribution in [0.5, 0.6) is 5.75 Å². The Kier molecular flexibility index (Phi) is 4.56. The largest absolute Gasteiger partial charge is 0.508 e. The van der Waals surface area contributed by atoms with Gasteiger partial charge in [0.05, 0.1) is 0 Å². The maximum absolute atomic E-state index is 9.93. The molecule has 18 heavy (non-hydrogen) atoms. The Morgan fingerprint density at radius 3 is 2.67 bits per heavy atom. The van der Waals surface area contributed by atoms with Crippen LogP contribution >= 0.6 is 0 Å². The number of phenolic OH excluding ortho intramolecular Hbond substituents is 1. The molecular formula is C15H19NO2. The molecule has 0 aromatic heterocycles. The average Bonchev–Trinajstić information content (AvgIpc) is 2.41. The predicted octanol–water partition coefficient (Wildman–Crippen LogP) is 2.41. The molecule has 0 aliphatic heterocycles. The van der Waals surface area contributed by atoms with Crippen molar-refractivity contribution in [3.8, 4) is 5.75 Å². The fourth-order valence-corrected chi connectivity index (χ4v) is 2.09. The number of phenols is 1. The lowest BCUT2D eigenvalue weighted by atomic mass is 10.0. The second kappa shape index (κ2) is 6.38. The first kappa shape index (κ1) is 12.9. The highest BCUT2D eigenvalue weighted by molar-refractivity contribution is 5.87. The predicted molar refractivity (Wildman–Crippen MR) is 73.6 cm³/mol. The van der Waals surface area contributed by atoms with Gasteiger partial charge in [0, 0.05) is 18.7 Å². The highest BCUT2D eigenvalue weighted by Crippen LogP contribution is 2.26. The van der Waals surface area contributed by atoms with Crippen molar-refractivity contribution in [2.75, 3.05) is 13.2 Å². The van der Waals surface area contributed by atoms with E-state index in [-0.39, 0.29) is 6.61 Å². The Morgan fingerprint density at radius 1 is 1.00 bits per heavy atom. The molecule has 0 bridgehead atoms. The normalized spacial score (nSPS) is 10.9. The molecule has 3 nitrogen and oxygen atoms in total. The smallest absolute Gasteiger partial charge is 0.120 e. The van der Waals surface area contributed by atoms with Gasteiger partial charge in [-0.25, -0.2) is 0 Å². The molecule has 2 aromatic carbocycles. The number of hydrogen-bond acceptors (Lipinski definition) is 3. The van der Waals surface area contributed by atoms with Gasteiger partial charge in [0.25, 0.3) is 0 Å². The van der Waals surface area contributed by atoms with Gasteiger partial charge in [-0.2, -0.15) is 0 Å². The third-order valence-electron chi connectivity index (χ3n) is 3.08. The van der Waals surface area contributed by atoms with Gasteiger partial charge >= 0.3 is 0 Å². The minimum absolute atomic E-state index is 0.237. The van der Waals surface area contributed by atoms with Crippen LogP contribution in [-0.2, 0) is 6.54 Å². The lowest BCUT2D eigenvalue weighted by molar-refractivity contribution is 0.283. The number of rotatable bonds is 6. The molecule has 0 aliphatic rings. The maximum atomic E-state index is 9.93. The van der Waals surface area contributed by atoms with Crippen LogP contribution in [0.3, 0.4) is 0 Å². The van der Waals surface area contributed by atoms with Gasteiger partial charge < -0.3 is 15.5 Å². The molecule has 0 atom stereocenters. The summed E-state index contributed by atoms with van der Waals surface area (Å²) >= 11 is 0. The molecule has 0 fully saturated rings.